The Morgan fingerprint density at radius 3 is 2.41 bits per heavy atom. The summed E-state index contributed by atoms with van der Waals surface area (Å²) >= 11 is 7.07. The fourth-order valence-electron chi connectivity index (χ4n) is 2.02. The van der Waals surface area contributed by atoms with E-state index in [1.165, 1.54) is 17.4 Å². The summed E-state index contributed by atoms with van der Waals surface area (Å²) in [4.78, 5) is 38.0. The van der Waals surface area contributed by atoms with Crippen molar-refractivity contribution < 1.29 is 14.4 Å². The van der Waals surface area contributed by atoms with E-state index in [4.69, 9.17) is 11.6 Å². The number of amides is 4. The lowest BCUT2D eigenvalue weighted by atomic mass is 10.1. The normalized spacial score (nSPS) is 17.0. The number of anilines is 1. The lowest BCUT2D eigenvalue weighted by molar-refractivity contribution is -0.122. The molecule has 1 aromatic heterocycles. The van der Waals surface area contributed by atoms with Gasteiger partial charge in [-0.25, -0.2) is 9.69 Å². The Morgan fingerprint density at radius 1 is 1.05 bits per heavy atom. The van der Waals surface area contributed by atoms with Gasteiger partial charge in [-0.1, -0.05) is 29.8 Å². The molecule has 5 nitrogen and oxygen atoms in total. The van der Waals surface area contributed by atoms with Crippen LogP contribution in [-0.4, -0.2) is 17.8 Å². The summed E-state index contributed by atoms with van der Waals surface area (Å²) in [6, 6.07) is 11.0. The highest BCUT2D eigenvalue weighted by molar-refractivity contribution is 7.17. The second-order valence-electron chi connectivity index (χ2n) is 4.44. The van der Waals surface area contributed by atoms with Gasteiger partial charge in [0.2, 0.25) is 0 Å². The van der Waals surface area contributed by atoms with Gasteiger partial charge in [0.05, 0.1) is 10.0 Å². The van der Waals surface area contributed by atoms with E-state index in [9.17, 15) is 14.4 Å². The number of carbonyl (C=O) groups is 3. The van der Waals surface area contributed by atoms with Crippen molar-refractivity contribution in [3.8, 4) is 0 Å². The number of benzene rings is 1. The third-order valence-corrected chi connectivity index (χ3v) is 4.17. The van der Waals surface area contributed by atoms with Crippen molar-refractivity contribution in [3.63, 3.8) is 0 Å². The van der Waals surface area contributed by atoms with Crippen LogP contribution in [0.15, 0.2) is 48.0 Å². The Balaban J connectivity index is 2.01. The molecule has 0 spiro atoms. The first-order valence-corrected chi connectivity index (χ1v) is 7.47. The first-order valence-electron chi connectivity index (χ1n) is 6.28. The van der Waals surface area contributed by atoms with E-state index >= 15 is 0 Å². The van der Waals surface area contributed by atoms with Crippen LogP contribution in [0.25, 0.3) is 6.08 Å². The maximum Gasteiger partial charge on any atom is 0.335 e. The van der Waals surface area contributed by atoms with Crippen LogP contribution in [0.2, 0.25) is 4.34 Å². The summed E-state index contributed by atoms with van der Waals surface area (Å²) in [5.74, 6) is -1.38. The van der Waals surface area contributed by atoms with Crippen molar-refractivity contribution >= 4 is 52.5 Å². The SMILES string of the molecule is O=C1NC(=O)N(c2ccccc2)C(=O)/C1=C\c1ccc(Cl)s1. The first-order chi connectivity index (χ1) is 10.6. The number of hydrogen-bond acceptors (Lipinski definition) is 4. The zero-order valence-electron chi connectivity index (χ0n) is 11.1. The van der Waals surface area contributed by atoms with E-state index in [0.717, 1.165) is 4.90 Å². The van der Waals surface area contributed by atoms with Crippen LogP contribution in [0.5, 0.6) is 0 Å². The highest BCUT2D eigenvalue weighted by Gasteiger charge is 2.36. The van der Waals surface area contributed by atoms with E-state index in [2.05, 4.69) is 5.32 Å². The minimum atomic E-state index is -0.762. The molecule has 3 rings (SSSR count). The number of barbiturate groups is 1. The average Bonchev–Trinajstić information content (AvgIpc) is 2.90. The molecule has 1 aliphatic rings. The minimum absolute atomic E-state index is 0.109. The third-order valence-electron chi connectivity index (χ3n) is 3.00. The van der Waals surface area contributed by atoms with Crippen LogP contribution in [-0.2, 0) is 9.59 Å². The summed E-state index contributed by atoms with van der Waals surface area (Å²) in [5, 5.41) is 2.17. The van der Waals surface area contributed by atoms with Crippen LogP contribution in [0.4, 0.5) is 10.5 Å². The van der Waals surface area contributed by atoms with Gasteiger partial charge in [-0.2, -0.15) is 0 Å². The lowest BCUT2D eigenvalue weighted by Gasteiger charge is -2.26. The standard InChI is InChI=1S/C15H9ClN2O3S/c16-12-7-6-10(22-12)8-11-13(19)17-15(21)18(14(11)20)9-4-2-1-3-5-9/h1-8H,(H,17,19,21)/b11-8-. The second kappa shape index (κ2) is 5.75. The molecule has 0 unspecified atom stereocenters. The van der Waals surface area contributed by atoms with Crippen molar-refractivity contribution in [2.75, 3.05) is 4.90 Å². The Labute approximate surface area is 134 Å². The molecule has 110 valence electrons. The van der Waals surface area contributed by atoms with E-state index in [1.807, 2.05) is 0 Å². The van der Waals surface area contributed by atoms with Crippen LogP contribution in [0.3, 0.4) is 0 Å². The van der Waals surface area contributed by atoms with Crippen LogP contribution in [0, 0.1) is 0 Å². The molecule has 1 fully saturated rings. The molecule has 2 heterocycles. The minimum Gasteiger partial charge on any atom is -0.273 e. The molecule has 2 aromatic rings. The number of nitrogens with zero attached hydrogens (tertiary/aromatic N) is 1. The van der Waals surface area contributed by atoms with Gasteiger partial charge >= 0.3 is 6.03 Å². The van der Waals surface area contributed by atoms with Crippen LogP contribution >= 0.6 is 22.9 Å². The predicted octanol–water partition coefficient (Wildman–Crippen LogP) is 3.07. The van der Waals surface area contributed by atoms with Crippen molar-refractivity contribution in [2.24, 2.45) is 0 Å². The number of halogens is 1. The van der Waals surface area contributed by atoms with E-state index in [1.54, 1.807) is 42.5 Å². The van der Waals surface area contributed by atoms with Crippen molar-refractivity contribution in [2.45, 2.75) is 0 Å². The molecule has 1 aliphatic heterocycles. The molecule has 1 N–H and O–H groups in total. The van der Waals surface area contributed by atoms with Gasteiger partial charge in [0.25, 0.3) is 11.8 Å². The molecule has 22 heavy (non-hydrogen) atoms. The Hall–Kier alpha value is -2.44. The van der Waals surface area contributed by atoms with Gasteiger partial charge in [0, 0.05) is 4.88 Å². The quantitative estimate of drug-likeness (QED) is 0.679. The highest BCUT2D eigenvalue weighted by Crippen LogP contribution is 2.26. The predicted molar refractivity (Wildman–Crippen MR) is 84.8 cm³/mol. The summed E-state index contributed by atoms with van der Waals surface area (Å²) in [6.07, 6.45) is 1.43. The maximum absolute atomic E-state index is 12.5. The van der Waals surface area contributed by atoms with Crippen molar-refractivity contribution in [3.05, 3.63) is 57.3 Å². The molecule has 4 amide bonds. The van der Waals surface area contributed by atoms with Gasteiger partial charge in [-0.05, 0) is 30.3 Å². The average molecular weight is 333 g/mol. The van der Waals surface area contributed by atoms with Gasteiger partial charge in [-0.3, -0.25) is 14.9 Å². The molecule has 0 aliphatic carbocycles. The van der Waals surface area contributed by atoms with Gasteiger partial charge in [0.15, 0.2) is 0 Å². The summed E-state index contributed by atoms with van der Waals surface area (Å²) in [5.41, 5.74) is 0.287. The molecule has 0 radical (unpaired) electrons. The number of para-hydroxylation sites is 1. The topological polar surface area (TPSA) is 66.5 Å². The number of imide groups is 2. The monoisotopic (exact) mass is 332 g/mol. The first kappa shape index (κ1) is 14.5. The molecular weight excluding hydrogens is 324 g/mol. The van der Waals surface area contributed by atoms with Gasteiger partial charge < -0.3 is 0 Å². The number of carbonyl (C=O) groups excluding carboxylic acids is 3. The smallest absolute Gasteiger partial charge is 0.273 e. The van der Waals surface area contributed by atoms with Crippen molar-refractivity contribution in [1.29, 1.82) is 0 Å². The van der Waals surface area contributed by atoms with Crippen molar-refractivity contribution in [1.82, 2.24) is 5.32 Å². The number of hydrogen-bond donors (Lipinski definition) is 1. The molecule has 1 aromatic carbocycles. The molecule has 0 saturated carbocycles. The zero-order chi connectivity index (χ0) is 15.7. The van der Waals surface area contributed by atoms with Crippen LogP contribution in [0.1, 0.15) is 4.88 Å². The Bertz CT molecular complexity index is 798. The summed E-state index contributed by atoms with van der Waals surface area (Å²) in [7, 11) is 0. The summed E-state index contributed by atoms with van der Waals surface area (Å²) in [6.45, 7) is 0. The van der Waals surface area contributed by atoms with Gasteiger partial charge in [0.1, 0.15) is 5.57 Å². The largest absolute Gasteiger partial charge is 0.335 e. The zero-order valence-corrected chi connectivity index (χ0v) is 12.6. The number of rotatable bonds is 2. The lowest BCUT2D eigenvalue weighted by Crippen LogP contribution is -2.54. The molecule has 1 saturated heterocycles. The number of urea groups is 1. The highest BCUT2D eigenvalue weighted by atomic mass is 35.5. The molecule has 0 bridgehead atoms. The molecule has 7 heteroatoms. The second-order valence-corrected chi connectivity index (χ2v) is 6.18. The Morgan fingerprint density at radius 2 is 1.77 bits per heavy atom. The third kappa shape index (κ3) is 2.66. The Kier molecular flexibility index (Phi) is 3.79. The van der Waals surface area contributed by atoms with Gasteiger partial charge in [-0.15, -0.1) is 11.3 Å². The van der Waals surface area contributed by atoms with E-state index in [0.29, 0.717) is 14.9 Å². The van der Waals surface area contributed by atoms with E-state index < -0.39 is 17.8 Å². The maximum atomic E-state index is 12.5. The molecular formula is C15H9ClN2O3S. The fraction of sp³-hybridized carbons (Fsp3) is 0. The fourth-order valence-corrected chi connectivity index (χ4v) is 3.02. The molecule has 0 atom stereocenters. The van der Waals surface area contributed by atoms with E-state index in [-0.39, 0.29) is 5.57 Å². The van der Waals surface area contributed by atoms with Crippen LogP contribution < -0.4 is 10.2 Å². The number of nitrogens with one attached hydrogen (secondary N) is 1. The summed E-state index contributed by atoms with van der Waals surface area (Å²) < 4.78 is 0.548. The number of thiophene rings is 1.